The zero-order chi connectivity index (χ0) is 18.1. The van der Waals surface area contributed by atoms with Crippen LogP contribution in [0.1, 0.15) is 26.9 Å². The van der Waals surface area contributed by atoms with Crippen molar-refractivity contribution in [1.29, 1.82) is 0 Å². The number of benzene rings is 1. The van der Waals surface area contributed by atoms with E-state index in [2.05, 4.69) is 4.98 Å². The molecule has 7 heteroatoms. The highest BCUT2D eigenvalue weighted by atomic mass is 32.1. The van der Waals surface area contributed by atoms with Crippen LogP contribution < -0.4 is 0 Å². The van der Waals surface area contributed by atoms with Crippen molar-refractivity contribution < 1.29 is 18.3 Å². The maximum absolute atomic E-state index is 13.5. The number of halogens is 1. The van der Waals surface area contributed by atoms with Gasteiger partial charge in [0.15, 0.2) is 10.8 Å². The minimum atomic E-state index is -0.260. The van der Waals surface area contributed by atoms with Gasteiger partial charge < -0.3 is 14.1 Å². The predicted molar refractivity (Wildman–Crippen MR) is 95.5 cm³/mol. The fraction of sp³-hybridized carbons (Fsp3) is 0.263. The molecule has 0 bridgehead atoms. The van der Waals surface area contributed by atoms with Crippen LogP contribution in [-0.2, 0) is 4.74 Å². The number of carbonyl (C=O) groups is 1. The maximum atomic E-state index is 13.5. The van der Waals surface area contributed by atoms with Crippen molar-refractivity contribution in [3.8, 4) is 10.8 Å². The molecule has 1 aromatic carbocycles. The minimum Gasteiger partial charge on any atom is -0.462 e. The molecule has 3 heterocycles. The Hall–Kier alpha value is -2.51. The van der Waals surface area contributed by atoms with Gasteiger partial charge in [-0.2, -0.15) is 0 Å². The average molecular weight is 372 g/mol. The highest BCUT2D eigenvalue weighted by Gasteiger charge is 2.27. The molecule has 3 aromatic rings. The van der Waals surface area contributed by atoms with Gasteiger partial charge in [0, 0.05) is 6.54 Å². The van der Waals surface area contributed by atoms with E-state index in [1.165, 1.54) is 17.4 Å². The van der Waals surface area contributed by atoms with Crippen LogP contribution in [0.2, 0.25) is 0 Å². The van der Waals surface area contributed by atoms with E-state index >= 15 is 0 Å². The highest BCUT2D eigenvalue weighted by Crippen LogP contribution is 2.29. The highest BCUT2D eigenvalue weighted by molar-refractivity contribution is 7.16. The number of ether oxygens (including phenoxy) is 1. The third-order valence-corrected chi connectivity index (χ3v) is 5.36. The quantitative estimate of drug-likeness (QED) is 0.696. The maximum Gasteiger partial charge on any atom is 0.265 e. The summed E-state index contributed by atoms with van der Waals surface area (Å²) in [7, 11) is 0. The fourth-order valence-corrected chi connectivity index (χ4v) is 3.80. The monoisotopic (exact) mass is 372 g/mol. The predicted octanol–water partition coefficient (Wildman–Crippen LogP) is 4.06. The molecule has 0 radical (unpaired) electrons. The summed E-state index contributed by atoms with van der Waals surface area (Å²) in [5.41, 5.74) is 1.45. The lowest BCUT2D eigenvalue weighted by Gasteiger charge is -2.33. The molecule has 1 fully saturated rings. The van der Waals surface area contributed by atoms with Crippen LogP contribution >= 0.6 is 11.3 Å². The molecule has 1 atom stereocenters. The Morgan fingerprint density at radius 1 is 1.38 bits per heavy atom. The minimum absolute atomic E-state index is 0.0764. The first-order valence-corrected chi connectivity index (χ1v) is 9.10. The molecule has 0 aliphatic carbocycles. The molecule has 0 N–H and O–H groups in total. The van der Waals surface area contributed by atoms with Gasteiger partial charge in [-0.3, -0.25) is 4.79 Å². The van der Waals surface area contributed by atoms with Crippen LogP contribution in [0.3, 0.4) is 0 Å². The summed E-state index contributed by atoms with van der Waals surface area (Å²) in [6.07, 6.45) is 2.90. The first-order chi connectivity index (χ1) is 12.6. The molecule has 1 aliphatic heterocycles. The zero-order valence-corrected chi connectivity index (χ0v) is 15.0. The first-order valence-electron chi connectivity index (χ1n) is 8.28. The van der Waals surface area contributed by atoms with Gasteiger partial charge in [-0.15, -0.1) is 11.3 Å². The van der Waals surface area contributed by atoms with E-state index < -0.39 is 0 Å². The topological polar surface area (TPSA) is 55.6 Å². The molecule has 2 aromatic heterocycles. The average Bonchev–Trinajstić information content (AvgIpc) is 3.35. The van der Waals surface area contributed by atoms with E-state index in [9.17, 15) is 9.18 Å². The van der Waals surface area contributed by atoms with Gasteiger partial charge in [0.1, 0.15) is 16.8 Å². The second-order valence-electron chi connectivity index (χ2n) is 6.13. The smallest absolute Gasteiger partial charge is 0.265 e. The summed E-state index contributed by atoms with van der Waals surface area (Å²) >= 11 is 1.31. The molecule has 1 unspecified atom stereocenters. The van der Waals surface area contributed by atoms with Crippen molar-refractivity contribution in [1.82, 2.24) is 9.88 Å². The molecule has 26 heavy (non-hydrogen) atoms. The van der Waals surface area contributed by atoms with Crippen molar-refractivity contribution in [3.63, 3.8) is 0 Å². The third-order valence-electron chi connectivity index (χ3n) is 4.36. The Balaban J connectivity index is 1.50. The standard InChI is InChI=1S/C19H17FN2O3S/c1-12-9-13(4-5-14(12)20)16-11-22(6-8-25-16)19(23)17-10-21-18(26-17)15-3-2-7-24-15/h2-5,7,9-10,16H,6,8,11H2,1H3. The van der Waals surface area contributed by atoms with E-state index in [0.717, 1.165) is 5.56 Å². The Labute approximate surface area is 154 Å². The molecule has 0 saturated carbocycles. The van der Waals surface area contributed by atoms with Crippen LogP contribution in [0.4, 0.5) is 4.39 Å². The van der Waals surface area contributed by atoms with Gasteiger partial charge in [-0.25, -0.2) is 9.37 Å². The second-order valence-corrected chi connectivity index (χ2v) is 7.16. The SMILES string of the molecule is Cc1cc(C2CN(C(=O)c3cnc(-c4ccco4)s3)CCO2)ccc1F. The summed E-state index contributed by atoms with van der Waals surface area (Å²) in [5, 5.41) is 0.678. The summed E-state index contributed by atoms with van der Waals surface area (Å²) in [5.74, 6) is 0.329. The lowest BCUT2D eigenvalue weighted by Crippen LogP contribution is -2.42. The van der Waals surface area contributed by atoms with E-state index in [1.807, 2.05) is 6.07 Å². The Morgan fingerprint density at radius 3 is 3.04 bits per heavy atom. The van der Waals surface area contributed by atoms with Crippen molar-refractivity contribution in [2.45, 2.75) is 13.0 Å². The van der Waals surface area contributed by atoms with E-state index in [0.29, 0.717) is 40.9 Å². The Bertz CT molecular complexity index is 923. The van der Waals surface area contributed by atoms with Crippen LogP contribution in [-0.4, -0.2) is 35.5 Å². The number of aryl methyl sites for hydroxylation is 1. The van der Waals surface area contributed by atoms with Gasteiger partial charge in [0.2, 0.25) is 0 Å². The van der Waals surface area contributed by atoms with E-state index in [-0.39, 0.29) is 17.8 Å². The molecule has 1 aliphatic rings. The number of aromatic nitrogens is 1. The summed E-state index contributed by atoms with van der Waals surface area (Å²) in [6.45, 7) is 3.11. The van der Waals surface area contributed by atoms with Gasteiger partial charge in [0.05, 0.1) is 25.6 Å². The summed E-state index contributed by atoms with van der Waals surface area (Å²) in [4.78, 5) is 19.4. The first kappa shape index (κ1) is 16.9. The number of hydrogen-bond donors (Lipinski definition) is 0. The van der Waals surface area contributed by atoms with Gasteiger partial charge >= 0.3 is 0 Å². The zero-order valence-electron chi connectivity index (χ0n) is 14.1. The molecular weight excluding hydrogens is 355 g/mol. The number of amides is 1. The van der Waals surface area contributed by atoms with Crippen molar-refractivity contribution in [3.05, 3.63) is 64.6 Å². The second kappa shape index (κ2) is 7.01. The number of furan rings is 1. The van der Waals surface area contributed by atoms with E-state index in [4.69, 9.17) is 9.15 Å². The van der Waals surface area contributed by atoms with Crippen molar-refractivity contribution >= 4 is 17.2 Å². The summed E-state index contributed by atoms with van der Waals surface area (Å²) < 4.78 is 24.6. The normalized spacial score (nSPS) is 17.5. The van der Waals surface area contributed by atoms with Crippen LogP contribution in [0.15, 0.2) is 47.2 Å². The third kappa shape index (κ3) is 3.27. The Kier molecular flexibility index (Phi) is 4.57. The molecule has 5 nitrogen and oxygen atoms in total. The lowest BCUT2D eigenvalue weighted by molar-refractivity contribution is -0.0227. The molecule has 1 saturated heterocycles. The number of rotatable bonds is 3. The largest absolute Gasteiger partial charge is 0.462 e. The molecular formula is C19H17FN2O3S. The molecule has 4 rings (SSSR count). The van der Waals surface area contributed by atoms with Crippen LogP contribution in [0.5, 0.6) is 0 Å². The molecule has 1 amide bonds. The lowest BCUT2D eigenvalue weighted by atomic mass is 10.0. The van der Waals surface area contributed by atoms with Crippen molar-refractivity contribution in [2.24, 2.45) is 0 Å². The van der Waals surface area contributed by atoms with Crippen LogP contribution in [0, 0.1) is 12.7 Å². The number of thiazole rings is 1. The Morgan fingerprint density at radius 2 is 2.27 bits per heavy atom. The molecule has 0 spiro atoms. The van der Waals surface area contributed by atoms with Gasteiger partial charge in [0.25, 0.3) is 5.91 Å². The summed E-state index contributed by atoms with van der Waals surface area (Å²) in [6, 6.07) is 8.52. The van der Waals surface area contributed by atoms with E-state index in [1.54, 1.807) is 42.5 Å². The number of hydrogen-bond acceptors (Lipinski definition) is 5. The number of morpholine rings is 1. The van der Waals surface area contributed by atoms with Gasteiger partial charge in [-0.05, 0) is 36.2 Å². The van der Waals surface area contributed by atoms with Crippen LogP contribution in [0.25, 0.3) is 10.8 Å². The fourth-order valence-electron chi connectivity index (χ4n) is 2.95. The van der Waals surface area contributed by atoms with Gasteiger partial charge in [-0.1, -0.05) is 12.1 Å². The number of carbonyl (C=O) groups excluding carboxylic acids is 1. The molecule has 134 valence electrons. The number of nitrogens with zero attached hydrogens (tertiary/aromatic N) is 2. The van der Waals surface area contributed by atoms with Crippen molar-refractivity contribution in [2.75, 3.05) is 19.7 Å².